The summed E-state index contributed by atoms with van der Waals surface area (Å²) in [6, 6.07) is 17.2. The van der Waals surface area contributed by atoms with Gasteiger partial charge in [-0.05, 0) is 24.6 Å². The highest BCUT2D eigenvalue weighted by molar-refractivity contribution is 7.16. The van der Waals surface area contributed by atoms with Crippen LogP contribution in [0.3, 0.4) is 0 Å². The Balaban J connectivity index is 1.76. The molecule has 2 aromatic carbocycles. The standard InChI is InChI=1S/C17H16N2O2S/c1-12(13-7-3-2-4-8-13)18-16(20)11-19-14-9-5-6-10-15(14)22-17(19)21/h2-10,12H,11H2,1H3,(H,18,20). The molecule has 0 aliphatic carbocycles. The summed E-state index contributed by atoms with van der Waals surface area (Å²) in [6.07, 6.45) is 0. The van der Waals surface area contributed by atoms with Gasteiger partial charge in [-0.25, -0.2) is 0 Å². The highest BCUT2D eigenvalue weighted by Gasteiger charge is 2.13. The second kappa shape index (κ2) is 6.15. The summed E-state index contributed by atoms with van der Waals surface area (Å²) in [5.74, 6) is -0.165. The molecule has 5 heteroatoms. The van der Waals surface area contributed by atoms with Crippen LogP contribution in [-0.4, -0.2) is 10.5 Å². The van der Waals surface area contributed by atoms with Gasteiger partial charge in [-0.15, -0.1) is 0 Å². The van der Waals surface area contributed by atoms with Crippen LogP contribution >= 0.6 is 11.3 Å². The Morgan fingerprint density at radius 3 is 2.59 bits per heavy atom. The zero-order valence-corrected chi connectivity index (χ0v) is 13.0. The monoisotopic (exact) mass is 312 g/mol. The van der Waals surface area contributed by atoms with Gasteiger partial charge in [-0.3, -0.25) is 14.2 Å². The number of thiazole rings is 1. The third kappa shape index (κ3) is 2.94. The van der Waals surface area contributed by atoms with Crippen molar-refractivity contribution in [2.24, 2.45) is 0 Å². The summed E-state index contributed by atoms with van der Waals surface area (Å²) in [5.41, 5.74) is 1.85. The molecular formula is C17H16N2O2S. The minimum Gasteiger partial charge on any atom is -0.348 e. The predicted molar refractivity (Wildman–Crippen MR) is 89.1 cm³/mol. The fourth-order valence-corrected chi connectivity index (χ4v) is 3.31. The van der Waals surface area contributed by atoms with Crippen LogP contribution in [0.15, 0.2) is 59.4 Å². The molecule has 0 fully saturated rings. The van der Waals surface area contributed by atoms with Crippen LogP contribution in [0.4, 0.5) is 0 Å². The van der Waals surface area contributed by atoms with Crippen LogP contribution in [0, 0.1) is 0 Å². The Hall–Kier alpha value is -2.40. The molecule has 4 nitrogen and oxygen atoms in total. The first-order valence-electron chi connectivity index (χ1n) is 7.08. The largest absolute Gasteiger partial charge is 0.348 e. The van der Waals surface area contributed by atoms with Crippen LogP contribution < -0.4 is 10.2 Å². The van der Waals surface area contributed by atoms with Crippen molar-refractivity contribution in [1.82, 2.24) is 9.88 Å². The van der Waals surface area contributed by atoms with E-state index < -0.39 is 0 Å². The van der Waals surface area contributed by atoms with Gasteiger partial charge in [-0.1, -0.05) is 53.8 Å². The lowest BCUT2D eigenvalue weighted by Crippen LogP contribution is -2.32. The maximum absolute atomic E-state index is 12.2. The molecule has 0 bridgehead atoms. The summed E-state index contributed by atoms with van der Waals surface area (Å²) in [6.45, 7) is 1.97. The van der Waals surface area contributed by atoms with Gasteiger partial charge in [0.25, 0.3) is 0 Å². The molecule has 0 radical (unpaired) electrons. The SMILES string of the molecule is CC(NC(=O)Cn1c(=O)sc2ccccc21)c1ccccc1. The van der Waals surface area contributed by atoms with Gasteiger partial charge in [0.15, 0.2) is 0 Å². The molecule has 0 spiro atoms. The van der Waals surface area contributed by atoms with E-state index in [1.807, 2.05) is 61.5 Å². The highest BCUT2D eigenvalue weighted by Crippen LogP contribution is 2.16. The summed E-state index contributed by atoms with van der Waals surface area (Å²) in [7, 11) is 0. The number of benzene rings is 2. The average Bonchev–Trinajstić information content (AvgIpc) is 2.84. The van der Waals surface area contributed by atoms with Crippen molar-refractivity contribution in [2.75, 3.05) is 0 Å². The quantitative estimate of drug-likeness (QED) is 0.805. The first-order chi connectivity index (χ1) is 10.6. The van der Waals surface area contributed by atoms with Crippen LogP contribution in [0.1, 0.15) is 18.5 Å². The second-order valence-corrected chi connectivity index (χ2v) is 6.11. The van der Waals surface area contributed by atoms with Crippen molar-refractivity contribution >= 4 is 27.5 Å². The van der Waals surface area contributed by atoms with E-state index >= 15 is 0 Å². The van der Waals surface area contributed by atoms with Crippen molar-refractivity contribution in [1.29, 1.82) is 0 Å². The summed E-state index contributed by atoms with van der Waals surface area (Å²) in [5, 5.41) is 2.93. The number of para-hydroxylation sites is 1. The summed E-state index contributed by atoms with van der Waals surface area (Å²) in [4.78, 5) is 24.1. The number of rotatable bonds is 4. The van der Waals surface area contributed by atoms with Crippen molar-refractivity contribution in [3.05, 3.63) is 69.8 Å². The predicted octanol–water partition coefficient (Wildman–Crippen LogP) is 2.94. The van der Waals surface area contributed by atoms with Crippen LogP contribution in [0.2, 0.25) is 0 Å². The van der Waals surface area contributed by atoms with E-state index in [9.17, 15) is 9.59 Å². The molecular weight excluding hydrogens is 296 g/mol. The van der Waals surface area contributed by atoms with Crippen LogP contribution in [-0.2, 0) is 11.3 Å². The van der Waals surface area contributed by atoms with E-state index in [-0.39, 0.29) is 23.4 Å². The Bertz CT molecular complexity index is 852. The van der Waals surface area contributed by atoms with Gasteiger partial charge in [0.1, 0.15) is 6.54 Å². The number of hydrogen-bond donors (Lipinski definition) is 1. The summed E-state index contributed by atoms with van der Waals surface area (Å²) >= 11 is 1.16. The fraction of sp³-hybridized carbons (Fsp3) is 0.176. The molecule has 1 amide bonds. The Morgan fingerprint density at radius 1 is 1.14 bits per heavy atom. The van der Waals surface area contributed by atoms with Crippen molar-refractivity contribution in [3.63, 3.8) is 0 Å². The number of hydrogen-bond acceptors (Lipinski definition) is 3. The van der Waals surface area contributed by atoms with Crippen LogP contribution in [0.5, 0.6) is 0 Å². The van der Waals surface area contributed by atoms with Gasteiger partial charge in [0.05, 0.1) is 16.3 Å². The molecule has 0 saturated heterocycles. The van der Waals surface area contributed by atoms with E-state index in [2.05, 4.69) is 5.32 Å². The highest BCUT2D eigenvalue weighted by atomic mass is 32.1. The van der Waals surface area contributed by atoms with Gasteiger partial charge in [0, 0.05) is 0 Å². The Labute approximate surface area is 132 Å². The van der Waals surface area contributed by atoms with E-state index in [1.165, 1.54) is 4.57 Å². The number of aromatic nitrogens is 1. The molecule has 0 aliphatic rings. The third-order valence-corrected chi connectivity index (χ3v) is 4.51. The van der Waals surface area contributed by atoms with E-state index in [0.717, 1.165) is 27.1 Å². The minimum absolute atomic E-state index is 0.0417. The molecule has 3 rings (SSSR count). The molecule has 1 unspecified atom stereocenters. The third-order valence-electron chi connectivity index (χ3n) is 3.55. The lowest BCUT2D eigenvalue weighted by molar-refractivity contribution is -0.122. The summed E-state index contributed by atoms with van der Waals surface area (Å²) < 4.78 is 2.42. The maximum atomic E-state index is 12.2. The lowest BCUT2D eigenvalue weighted by atomic mass is 10.1. The maximum Gasteiger partial charge on any atom is 0.308 e. The number of nitrogens with zero attached hydrogens (tertiary/aromatic N) is 1. The van der Waals surface area contributed by atoms with Gasteiger partial charge in [-0.2, -0.15) is 0 Å². The molecule has 1 heterocycles. The molecule has 1 aromatic heterocycles. The second-order valence-electron chi connectivity index (χ2n) is 5.12. The number of amides is 1. The van der Waals surface area contributed by atoms with Crippen molar-refractivity contribution in [3.8, 4) is 0 Å². The fourth-order valence-electron chi connectivity index (χ4n) is 2.42. The molecule has 112 valence electrons. The molecule has 0 aliphatic heterocycles. The van der Waals surface area contributed by atoms with Gasteiger partial charge < -0.3 is 5.32 Å². The van der Waals surface area contributed by atoms with Gasteiger partial charge in [0.2, 0.25) is 5.91 Å². The number of fused-ring (bicyclic) bond motifs is 1. The van der Waals surface area contributed by atoms with Crippen molar-refractivity contribution in [2.45, 2.75) is 19.5 Å². The minimum atomic E-state index is -0.165. The molecule has 1 N–H and O–H groups in total. The molecule has 22 heavy (non-hydrogen) atoms. The Kier molecular flexibility index (Phi) is 4.06. The molecule has 0 saturated carbocycles. The van der Waals surface area contributed by atoms with Crippen molar-refractivity contribution < 1.29 is 4.79 Å². The topological polar surface area (TPSA) is 51.1 Å². The lowest BCUT2D eigenvalue weighted by Gasteiger charge is -2.14. The average molecular weight is 312 g/mol. The van der Waals surface area contributed by atoms with Gasteiger partial charge >= 0.3 is 4.87 Å². The normalized spacial score (nSPS) is 12.2. The number of carbonyl (C=O) groups excluding carboxylic acids is 1. The number of carbonyl (C=O) groups is 1. The Morgan fingerprint density at radius 2 is 1.82 bits per heavy atom. The molecule has 1 atom stereocenters. The first kappa shape index (κ1) is 14.5. The zero-order chi connectivity index (χ0) is 15.5. The van der Waals surface area contributed by atoms with Crippen LogP contribution in [0.25, 0.3) is 10.2 Å². The van der Waals surface area contributed by atoms with E-state index in [4.69, 9.17) is 0 Å². The molecule has 3 aromatic rings. The smallest absolute Gasteiger partial charge is 0.308 e. The van der Waals surface area contributed by atoms with E-state index in [1.54, 1.807) is 0 Å². The number of nitrogens with one attached hydrogen (secondary N) is 1. The first-order valence-corrected chi connectivity index (χ1v) is 7.89. The zero-order valence-electron chi connectivity index (χ0n) is 12.2. The van der Waals surface area contributed by atoms with E-state index in [0.29, 0.717) is 0 Å².